The van der Waals surface area contributed by atoms with Crippen LogP contribution in [0.1, 0.15) is 27.2 Å². The highest BCUT2D eigenvalue weighted by Crippen LogP contribution is 2.20. The molecule has 0 radical (unpaired) electrons. The van der Waals surface area contributed by atoms with Crippen LogP contribution in [0.3, 0.4) is 0 Å². The van der Waals surface area contributed by atoms with Crippen molar-refractivity contribution in [3.8, 4) is 0 Å². The molecule has 0 rings (SSSR count). The van der Waals surface area contributed by atoms with E-state index in [1.54, 1.807) is 0 Å². The Hall–Kier alpha value is 0.700. The van der Waals surface area contributed by atoms with E-state index in [0.717, 1.165) is 6.42 Å². The Morgan fingerprint density at radius 1 is 1.50 bits per heavy atom. The van der Waals surface area contributed by atoms with Crippen molar-refractivity contribution in [1.29, 1.82) is 0 Å². The lowest BCUT2D eigenvalue weighted by molar-refractivity contribution is 0.644. The van der Waals surface area contributed by atoms with Crippen molar-refractivity contribution < 1.29 is 0 Å². The summed E-state index contributed by atoms with van der Waals surface area (Å²) >= 11 is 8.59. The van der Waals surface area contributed by atoms with Crippen LogP contribution in [0, 0.1) is 0 Å². The molecular formula is C6H14S2. The molecule has 0 N–H and O–H groups in total. The van der Waals surface area contributed by atoms with Gasteiger partial charge in [0.15, 0.2) is 0 Å². The summed E-state index contributed by atoms with van der Waals surface area (Å²) in [5, 5.41) is 0.461. The van der Waals surface area contributed by atoms with E-state index in [1.165, 1.54) is 0 Å². The number of rotatable bonds is 2. The van der Waals surface area contributed by atoms with Crippen LogP contribution in [0.2, 0.25) is 0 Å². The Morgan fingerprint density at radius 3 is 1.88 bits per heavy atom. The summed E-state index contributed by atoms with van der Waals surface area (Å²) in [6.45, 7) is 6.28. The van der Waals surface area contributed by atoms with Crippen LogP contribution < -0.4 is 0 Å². The van der Waals surface area contributed by atoms with Crippen molar-refractivity contribution in [3.05, 3.63) is 0 Å². The van der Waals surface area contributed by atoms with Gasteiger partial charge >= 0.3 is 0 Å². The molecule has 0 amide bonds. The van der Waals surface area contributed by atoms with E-state index in [2.05, 4.69) is 46.0 Å². The quantitative estimate of drug-likeness (QED) is 0.555. The maximum absolute atomic E-state index is 4.35. The van der Waals surface area contributed by atoms with Gasteiger partial charge in [0, 0.05) is 10.00 Å². The molecule has 2 heteroatoms. The zero-order valence-electron chi connectivity index (χ0n) is 5.68. The van der Waals surface area contributed by atoms with Crippen molar-refractivity contribution >= 4 is 25.3 Å². The number of hydrogen-bond acceptors (Lipinski definition) is 2. The van der Waals surface area contributed by atoms with Gasteiger partial charge in [0.1, 0.15) is 0 Å². The van der Waals surface area contributed by atoms with Gasteiger partial charge in [-0.25, -0.2) is 0 Å². The first-order valence-corrected chi connectivity index (χ1v) is 3.78. The first-order valence-electron chi connectivity index (χ1n) is 2.82. The molecule has 0 aromatic rings. The van der Waals surface area contributed by atoms with Crippen molar-refractivity contribution in [3.63, 3.8) is 0 Å². The molecular weight excluding hydrogens is 136 g/mol. The van der Waals surface area contributed by atoms with Gasteiger partial charge in [-0.2, -0.15) is 25.3 Å². The van der Waals surface area contributed by atoms with E-state index >= 15 is 0 Å². The molecule has 0 aliphatic heterocycles. The largest absolute Gasteiger partial charge is 0.176 e. The number of thiol groups is 2. The van der Waals surface area contributed by atoms with Gasteiger partial charge < -0.3 is 0 Å². The minimum Gasteiger partial charge on any atom is -0.176 e. The third-order valence-corrected chi connectivity index (χ3v) is 1.16. The minimum atomic E-state index is 0.140. The van der Waals surface area contributed by atoms with E-state index < -0.39 is 0 Å². The summed E-state index contributed by atoms with van der Waals surface area (Å²) in [6.07, 6.45) is 1.05. The molecule has 50 valence electrons. The topological polar surface area (TPSA) is 0 Å². The SMILES string of the molecule is CC(S)CC(C)(C)S. The maximum atomic E-state index is 4.35. The van der Waals surface area contributed by atoms with Crippen molar-refractivity contribution in [2.75, 3.05) is 0 Å². The van der Waals surface area contributed by atoms with Gasteiger partial charge in [-0.3, -0.25) is 0 Å². The Kier molecular flexibility index (Phi) is 3.28. The Morgan fingerprint density at radius 2 is 1.88 bits per heavy atom. The zero-order valence-corrected chi connectivity index (χ0v) is 7.47. The second-order valence-corrected chi connectivity index (χ2v) is 4.96. The molecule has 8 heavy (non-hydrogen) atoms. The first-order chi connectivity index (χ1) is 3.42. The molecule has 0 spiro atoms. The first kappa shape index (κ1) is 8.70. The average molecular weight is 150 g/mol. The fraction of sp³-hybridized carbons (Fsp3) is 1.00. The third-order valence-electron chi connectivity index (χ3n) is 0.795. The summed E-state index contributed by atoms with van der Waals surface area (Å²) in [6, 6.07) is 0. The van der Waals surface area contributed by atoms with Gasteiger partial charge in [-0.15, -0.1) is 0 Å². The van der Waals surface area contributed by atoms with E-state index in [0.29, 0.717) is 5.25 Å². The monoisotopic (exact) mass is 150 g/mol. The molecule has 0 bridgehead atoms. The van der Waals surface area contributed by atoms with Gasteiger partial charge in [0.05, 0.1) is 0 Å². The molecule has 0 aliphatic rings. The summed E-state index contributed by atoms with van der Waals surface area (Å²) < 4.78 is 0.140. The van der Waals surface area contributed by atoms with Gasteiger partial charge in [0.2, 0.25) is 0 Å². The third kappa shape index (κ3) is 6.70. The predicted octanol–water partition coefficient (Wildman–Crippen LogP) is 2.40. The van der Waals surface area contributed by atoms with Crippen LogP contribution in [0.5, 0.6) is 0 Å². The van der Waals surface area contributed by atoms with E-state index in [9.17, 15) is 0 Å². The van der Waals surface area contributed by atoms with Gasteiger partial charge in [-0.05, 0) is 6.42 Å². The fourth-order valence-electron chi connectivity index (χ4n) is 0.723. The second-order valence-electron chi connectivity index (χ2n) is 2.87. The van der Waals surface area contributed by atoms with E-state index in [4.69, 9.17) is 0 Å². The van der Waals surface area contributed by atoms with Crippen molar-refractivity contribution in [1.82, 2.24) is 0 Å². The summed E-state index contributed by atoms with van der Waals surface area (Å²) in [7, 11) is 0. The van der Waals surface area contributed by atoms with Gasteiger partial charge in [-0.1, -0.05) is 20.8 Å². The zero-order chi connectivity index (χ0) is 6.78. The Bertz CT molecular complexity index is 61.4. The highest BCUT2D eigenvalue weighted by atomic mass is 32.1. The lowest BCUT2D eigenvalue weighted by atomic mass is 10.1. The molecule has 0 nitrogen and oxygen atoms in total. The van der Waals surface area contributed by atoms with Crippen LogP contribution >= 0.6 is 25.3 Å². The predicted molar refractivity (Wildman–Crippen MR) is 46.1 cm³/mol. The summed E-state index contributed by atoms with van der Waals surface area (Å²) in [5.41, 5.74) is 0. The molecule has 0 saturated carbocycles. The molecule has 0 heterocycles. The molecule has 1 atom stereocenters. The summed E-state index contributed by atoms with van der Waals surface area (Å²) in [5.74, 6) is 0. The molecule has 0 aromatic heterocycles. The smallest absolute Gasteiger partial charge is 0.00834 e. The molecule has 0 saturated heterocycles. The van der Waals surface area contributed by atoms with Crippen LogP contribution in [0.15, 0.2) is 0 Å². The summed E-state index contributed by atoms with van der Waals surface area (Å²) in [4.78, 5) is 0. The van der Waals surface area contributed by atoms with Crippen LogP contribution in [0.4, 0.5) is 0 Å². The lowest BCUT2D eigenvalue weighted by Crippen LogP contribution is -2.14. The van der Waals surface area contributed by atoms with Crippen LogP contribution in [-0.2, 0) is 0 Å². The van der Waals surface area contributed by atoms with Crippen LogP contribution in [-0.4, -0.2) is 10.00 Å². The lowest BCUT2D eigenvalue weighted by Gasteiger charge is -2.18. The van der Waals surface area contributed by atoms with Gasteiger partial charge in [0.25, 0.3) is 0 Å². The number of hydrogen-bond donors (Lipinski definition) is 2. The molecule has 0 aromatic carbocycles. The van der Waals surface area contributed by atoms with Crippen molar-refractivity contribution in [2.45, 2.75) is 37.2 Å². The highest BCUT2D eigenvalue weighted by molar-refractivity contribution is 7.82. The average Bonchev–Trinajstić information content (AvgIpc) is 1.21. The van der Waals surface area contributed by atoms with Crippen LogP contribution in [0.25, 0.3) is 0 Å². The molecule has 0 aliphatic carbocycles. The highest BCUT2D eigenvalue weighted by Gasteiger charge is 2.12. The Labute approximate surface area is 62.9 Å². The standard InChI is InChI=1S/C6H14S2/c1-5(7)4-6(2,3)8/h5,7-8H,4H2,1-3H3. The maximum Gasteiger partial charge on any atom is 0.00834 e. The fourth-order valence-corrected chi connectivity index (χ4v) is 1.60. The van der Waals surface area contributed by atoms with E-state index in [-0.39, 0.29) is 4.75 Å². The van der Waals surface area contributed by atoms with Crippen molar-refractivity contribution in [2.24, 2.45) is 0 Å². The second kappa shape index (κ2) is 3.02. The Balaban J connectivity index is 3.39. The molecule has 1 unspecified atom stereocenters. The minimum absolute atomic E-state index is 0.140. The normalized spacial score (nSPS) is 16.1. The molecule has 0 fully saturated rings. The van der Waals surface area contributed by atoms with E-state index in [1.807, 2.05) is 0 Å².